The monoisotopic (exact) mass is 302 g/mol. The Morgan fingerprint density at radius 3 is 2.55 bits per heavy atom. The summed E-state index contributed by atoms with van der Waals surface area (Å²) in [5.74, 6) is 3.64. The van der Waals surface area contributed by atoms with Crippen LogP contribution < -0.4 is 9.80 Å². The molecule has 2 aliphatic heterocycles. The van der Waals surface area contributed by atoms with Gasteiger partial charge in [-0.3, -0.25) is 4.79 Å². The van der Waals surface area contributed by atoms with E-state index >= 15 is 0 Å². The predicted octanol–water partition coefficient (Wildman–Crippen LogP) is 1.54. The van der Waals surface area contributed by atoms with Crippen molar-refractivity contribution in [2.45, 2.75) is 32.7 Å². The molecule has 6 nitrogen and oxygen atoms in total. The number of hydrogen-bond acceptors (Lipinski definition) is 5. The number of fused-ring (bicyclic) bond motifs is 1. The normalized spacial score (nSPS) is 32.6. The second-order valence-corrected chi connectivity index (χ2v) is 6.96. The molecule has 4 rings (SSSR count). The first-order chi connectivity index (χ1) is 10.5. The van der Waals surface area contributed by atoms with E-state index in [0.717, 1.165) is 37.1 Å². The van der Waals surface area contributed by atoms with Crippen LogP contribution in [-0.4, -0.2) is 46.7 Å². The first kappa shape index (κ1) is 13.8. The SMILES string of the molecule is Cc1nc(N2C[C@@H]3[C@@H](CC(=O)O)[C@@H]3C2)cc(N2CC[C@@H]2C)n1. The number of nitrogens with zero attached hydrogens (tertiary/aromatic N) is 4. The molecule has 1 aromatic rings. The molecule has 1 aromatic heterocycles. The first-order valence-electron chi connectivity index (χ1n) is 8.12. The van der Waals surface area contributed by atoms with Gasteiger partial charge in [-0.25, -0.2) is 9.97 Å². The first-order valence-corrected chi connectivity index (χ1v) is 8.12. The van der Waals surface area contributed by atoms with Crippen LogP contribution in [0.4, 0.5) is 11.6 Å². The number of rotatable bonds is 4. The van der Waals surface area contributed by atoms with Gasteiger partial charge in [-0.15, -0.1) is 0 Å². The summed E-state index contributed by atoms with van der Waals surface area (Å²) in [5.41, 5.74) is 0. The standard InChI is InChI=1S/C16H22N4O2/c1-9-3-4-20(9)15-6-14(17-10(2)18-15)19-7-12-11(5-16(21)22)13(12)8-19/h6,9,11-13H,3-5,7-8H2,1-2H3,(H,21,22)/t9-,11-,12-,13+/m0/s1. The van der Waals surface area contributed by atoms with Gasteiger partial charge in [0.15, 0.2) is 0 Å². The van der Waals surface area contributed by atoms with Crippen LogP contribution in [0.5, 0.6) is 0 Å². The van der Waals surface area contributed by atoms with Crippen LogP contribution in [0.15, 0.2) is 6.07 Å². The quantitative estimate of drug-likeness (QED) is 0.910. The summed E-state index contributed by atoms with van der Waals surface area (Å²) < 4.78 is 0. The summed E-state index contributed by atoms with van der Waals surface area (Å²) in [5, 5.41) is 8.91. The Morgan fingerprint density at radius 1 is 1.32 bits per heavy atom. The Bertz CT molecular complexity index is 608. The van der Waals surface area contributed by atoms with E-state index in [1.165, 1.54) is 6.42 Å². The van der Waals surface area contributed by atoms with Gasteiger partial charge in [0.25, 0.3) is 0 Å². The van der Waals surface area contributed by atoms with E-state index in [-0.39, 0.29) is 0 Å². The average Bonchev–Trinajstić information content (AvgIpc) is 2.88. The average molecular weight is 302 g/mol. The van der Waals surface area contributed by atoms with Gasteiger partial charge in [0.05, 0.1) is 0 Å². The second-order valence-electron chi connectivity index (χ2n) is 6.96. The molecule has 3 heterocycles. The Hall–Kier alpha value is -1.85. The van der Waals surface area contributed by atoms with Crippen molar-refractivity contribution in [3.63, 3.8) is 0 Å². The summed E-state index contributed by atoms with van der Waals surface area (Å²) in [6.45, 7) is 7.12. The Morgan fingerprint density at radius 2 is 2.00 bits per heavy atom. The summed E-state index contributed by atoms with van der Waals surface area (Å²) in [6, 6.07) is 2.66. The van der Waals surface area contributed by atoms with Crippen molar-refractivity contribution in [1.29, 1.82) is 0 Å². The number of aryl methyl sites for hydroxylation is 1. The van der Waals surface area contributed by atoms with Gasteiger partial charge in [-0.05, 0) is 38.0 Å². The molecule has 4 atom stereocenters. The smallest absolute Gasteiger partial charge is 0.303 e. The molecule has 22 heavy (non-hydrogen) atoms. The third kappa shape index (κ3) is 2.21. The molecular formula is C16H22N4O2. The van der Waals surface area contributed by atoms with Crippen LogP contribution in [0.25, 0.3) is 0 Å². The summed E-state index contributed by atoms with van der Waals surface area (Å²) in [7, 11) is 0. The molecule has 1 N–H and O–H groups in total. The van der Waals surface area contributed by atoms with Gasteiger partial charge >= 0.3 is 5.97 Å². The lowest BCUT2D eigenvalue weighted by Crippen LogP contribution is -2.46. The van der Waals surface area contributed by atoms with Crippen LogP contribution in [0.2, 0.25) is 0 Å². The number of aliphatic carboxylic acids is 1. The van der Waals surface area contributed by atoms with Gasteiger partial charge < -0.3 is 14.9 Å². The molecule has 2 saturated heterocycles. The minimum atomic E-state index is -0.669. The highest BCUT2D eigenvalue weighted by Crippen LogP contribution is 2.54. The molecule has 3 fully saturated rings. The van der Waals surface area contributed by atoms with Crippen molar-refractivity contribution >= 4 is 17.6 Å². The lowest BCUT2D eigenvalue weighted by atomic mass is 10.1. The van der Waals surface area contributed by atoms with Crippen molar-refractivity contribution in [1.82, 2.24) is 9.97 Å². The number of carboxylic acid groups (broad SMARTS) is 1. The van der Waals surface area contributed by atoms with Gasteiger partial charge in [-0.2, -0.15) is 0 Å². The van der Waals surface area contributed by atoms with Gasteiger partial charge in [0.1, 0.15) is 17.5 Å². The minimum Gasteiger partial charge on any atom is -0.481 e. The topological polar surface area (TPSA) is 69.6 Å². The fraction of sp³-hybridized carbons (Fsp3) is 0.688. The van der Waals surface area contributed by atoms with Crippen LogP contribution in [0.3, 0.4) is 0 Å². The highest BCUT2D eigenvalue weighted by atomic mass is 16.4. The molecule has 0 spiro atoms. The van der Waals surface area contributed by atoms with Crippen LogP contribution >= 0.6 is 0 Å². The van der Waals surface area contributed by atoms with E-state index in [1.807, 2.05) is 6.92 Å². The maximum Gasteiger partial charge on any atom is 0.303 e. The predicted molar refractivity (Wildman–Crippen MR) is 83.1 cm³/mol. The Kier molecular flexibility index (Phi) is 3.03. The maximum absolute atomic E-state index is 10.8. The van der Waals surface area contributed by atoms with E-state index in [2.05, 4.69) is 32.8 Å². The summed E-state index contributed by atoms with van der Waals surface area (Å²) >= 11 is 0. The molecule has 1 saturated carbocycles. The number of anilines is 2. The zero-order chi connectivity index (χ0) is 15.4. The number of piperidine rings is 1. The van der Waals surface area contributed by atoms with Crippen LogP contribution in [0.1, 0.15) is 25.6 Å². The van der Waals surface area contributed by atoms with E-state index in [4.69, 9.17) is 5.11 Å². The zero-order valence-corrected chi connectivity index (χ0v) is 13.1. The molecule has 1 aliphatic carbocycles. The van der Waals surface area contributed by atoms with Crippen LogP contribution in [-0.2, 0) is 4.79 Å². The summed E-state index contributed by atoms with van der Waals surface area (Å²) in [4.78, 5) is 24.6. The zero-order valence-electron chi connectivity index (χ0n) is 13.1. The number of aromatic nitrogens is 2. The molecule has 0 bridgehead atoms. The highest BCUT2D eigenvalue weighted by molar-refractivity contribution is 5.68. The van der Waals surface area contributed by atoms with E-state index in [1.54, 1.807) is 0 Å². The van der Waals surface area contributed by atoms with Crippen molar-refractivity contribution in [2.75, 3.05) is 29.4 Å². The van der Waals surface area contributed by atoms with Crippen molar-refractivity contribution < 1.29 is 9.90 Å². The molecule has 0 aromatic carbocycles. The fourth-order valence-corrected chi connectivity index (χ4v) is 4.04. The van der Waals surface area contributed by atoms with E-state index < -0.39 is 5.97 Å². The second kappa shape index (κ2) is 4.83. The highest BCUT2D eigenvalue weighted by Gasteiger charge is 2.56. The molecule has 0 radical (unpaired) electrons. The molecule has 3 aliphatic rings. The third-order valence-electron chi connectivity index (χ3n) is 5.53. The third-order valence-corrected chi connectivity index (χ3v) is 5.53. The van der Waals surface area contributed by atoms with Crippen molar-refractivity contribution in [3.8, 4) is 0 Å². The van der Waals surface area contributed by atoms with E-state index in [0.29, 0.717) is 30.2 Å². The van der Waals surface area contributed by atoms with Crippen molar-refractivity contribution in [2.24, 2.45) is 17.8 Å². The van der Waals surface area contributed by atoms with Gasteiger partial charge in [0.2, 0.25) is 0 Å². The molecular weight excluding hydrogens is 280 g/mol. The lowest BCUT2D eigenvalue weighted by Gasteiger charge is -2.40. The van der Waals surface area contributed by atoms with E-state index in [9.17, 15) is 4.79 Å². The van der Waals surface area contributed by atoms with Gasteiger partial charge in [-0.1, -0.05) is 0 Å². The van der Waals surface area contributed by atoms with Gasteiger partial charge in [0, 0.05) is 38.2 Å². The molecule has 6 heteroatoms. The van der Waals surface area contributed by atoms with Crippen molar-refractivity contribution in [3.05, 3.63) is 11.9 Å². The number of carboxylic acids is 1. The number of hydrogen-bond donors (Lipinski definition) is 1. The molecule has 0 amide bonds. The van der Waals surface area contributed by atoms with Crippen LogP contribution in [0, 0.1) is 24.7 Å². The lowest BCUT2D eigenvalue weighted by molar-refractivity contribution is -0.137. The Labute approximate surface area is 130 Å². The molecule has 0 unspecified atom stereocenters. The number of carbonyl (C=O) groups is 1. The fourth-order valence-electron chi connectivity index (χ4n) is 4.04. The summed E-state index contributed by atoms with van der Waals surface area (Å²) in [6.07, 6.45) is 1.55. The largest absolute Gasteiger partial charge is 0.481 e. The minimum absolute atomic E-state index is 0.322. The Balaban J connectivity index is 1.47. The maximum atomic E-state index is 10.8. The molecule has 118 valence electrons.